The Balaban J connectivity index is 2.02. The maximum Gasteiger partial charge on any atom is 0.139 e. The van der Waals surface area contributed by atoms with Crippen LogP contribution in [0.15, 0.2) is 24.4 Å². The van der Waals surface area contributed by atoms with Crippen molar-refractivity contribution in [2.45, 2.75) is 25.2 Å². The third-order valence-electron chi connectivity index (χ3n) is 3.74. The van der Waals surface area contributed by atoms with E-state index in [0.29, 0.717) is 11.7 Å². The number of nitrogens with one attached hydrogen (secondary N) is 2. The molecule has 1 aliphatic rings. The predicted molar refractivity (Wildman–Crippen MR) is 69.4 cm³/mol. The van der Waals surface area contributed by atoms with Gasteiger partial charge in [0.1, 0.15) is 5.75 Å². The lowest BCUT2D eigenvalue weighted by atomic mass is 9.92. The minimum absolute atomic E-state index is 0.348. The van der Waals surface area contributed by atoms with E-state index >= 15 is 0 Å². The van der Waals surface area contributed by atoms with Crippen molar-refractivity contribution < 1.29 is 5.11 Å². The minimum Gasteiger partial charge on any atom is -0.506 e. The van der Waals surface area contributed by atoms with Gasteiger partial charge in [0.25, 0.3) is 0 Å². The van der Waals surface area contributed by atoms with Crippen LogP contribution in [0, 0.1) is 0 Å². The van der Waals surface area contributed by atoms with Crippen molar-refractivity contribution >= 4 is 10.9 Å². The summed E-state index contributed by atoms with van der Waals surface area (Å²) >= 11 is 0. The molecule has 0 saturated carbocycles. The zero-order chi connectivity index (χ0) is 11.7. The summed E-state index contributed by atoms with van der Waals surface area (Å²) in [6, 6.07) is 5.75. The van der Waals surface area contributed by atoms with Crippen molar-refractivity contribution in [2.24, 2.45) is 0 Å². The summed E-state index contributed by atoms with van der Waals surface area (Å²) in [5.74, 6) is 0.959. The van der Waals surface area contributed by atoms with Crippen molar-refractivity contribution in [3.8, 4) is 5.75 Å². The summed E-state index contributed by atoms with van der Waals surface area (Å²) in [6.07, 6.45) is 5.72. The molecule has 3 rings (SSSR count). The monoisotopic (exact) mass is 230 g/mol. The van der Waals surface area contributed by atoms with E-state index in [1.54, 1.807) is 6.07 Å². The smallest absolute Gasteiger partial charge is 0.139 e. The molecule has 0 radical (unpaired) electrons. The standard InChI is InChI=1S/C14H18N2O/c17-13-5-1-4-11-12(9-16-14(11)13)10-3-2-7-15-8-6-10/h1,4-5,9-10,15-17H,2-3,6-8H2. The van der Waals surface area contributed by atoms with Crippen molar-refractivity contribution in [2.75, 3.05) is 13.1 Å². The van der Waals surface area contributed by atoms with Crippen LogP contribution in [0.3, 0.4) is 0 Å². The number of rotatable bonds is 1. The Hall–Kier alpha value is -1.48. The van der Waals surface area contributed by atoms with Crippen LogP contribution < -0.4 is 5.32 Å². The van der Waals surface area contributed by atoms with Gasteiger partial charge in [-0.1, -0.05) is 12.1 Å². The van der Waals surface area contributed by atoms with Crippen LogP contribution in [0.2, 0.25) is 0 Å². The lowest BCUT2D eigenvalue weighted by Gasteiger charge is -2.12. The highest BCUT2D eigenvalue weighted by molar-refractivity contribution is 5.88. The van der Waals surface area contributed by atoms with Gasteiger partial charge in [-0.2, -0.15) is 0 Å². The minimum atomic E-state index is 0.348. The molecule has 1 aromatic carbocycles. The lowest BCUT2D eigenvalue weighted by Crippen LogP contribution is -2.13. The van der Waals surface area contributed by atoms with Gasteiger partial charge in [0.15, 0.2) is 0 Å². The van der Waals surface area contributed by atoms with Crippen LogP contribution in [-0.2, 0) is 0 Å². The number of hydrogen-bond acceptors (Lipinski definition) is 2. The molecule has 1 unspecified atom stereocenters. The number of aromatic amines is 1. The topological polar surface area (TPSA) is 48.0 Å². The third-order valence-corrected chi connectivity index (χ3v) is 3.74. The number of benzene rings is 1. The second-order valence-electron chi connectivity index (χ2n) is 4.82. The first-order chi connectivity index (χ1) is 8.36. The fourth-order valence-corrected chi connectivity index (χ4v) is 2.83. The highest BCUT2D eigenvalue weighted by Gasteiger charge is 2.18. The molecular formula is C14H18N2O. The van der Waals surface area contributed by atoms with E-state index in [1.165, 1.54) is 30.2 Å². The molecule has 90 valence electrons. The molecule has 1 aliphatic heterocycles. The number of aromatic nitrogens is 1. The first kappa shape index (κ1) is 10.7. The third kappa shape index (κ3) is 1.91. The van der Waals surface area contributed by atoms with Gasteiger partial charge in [-0.05, 0) is 49.9 Å². The first-order valence-electron chi connectivity index (χ1n) is 6.36. The fraction of sp³-hybridized carbons (Fsp3) is 0.429. The number of phenols is 1. The van der Waals surface area contributed by atoms with Crippen LogP contribution in [-0.4, -0.2) is 23.2 Å². The van der Waals surface area contributed by atoms with E-state index in [2.05, 4.69) is 22.6 Å². The summed E-state index contributed by atoms with van der Waals surface area (Å²) in [5.41, 5.74) is 2.24. The highest BCUT2D eigenvalue weighted by Crippen LogP contribution is 2.34. The zero-order valence-electron chi connectivity index (χ0n) is 9.87. The molecular weight excluding hydrogens is 212 g/mol. The SMILES string of the molecule is Oc1cccc2c(C3CCCNCC3)c[nH]c12. The molecule has 3 nitrogen and oxygen atoms in total. The Bertz CT molecular complexity index is 510. The van der Waals surface area contributed by atoms with Gasteiger partial charge >= 0.3 is 0 Å². The molecule has 2 aromatic rings. The number of fused-ring (bicyclic) bond motifs is 1. The van der Waals surface area contributed by atoms with Crippen molar-refractivity contribution in [1.29, 1.82) is 0 Å². The molecule has 1 atom stereocenters. The predicted octanol–water partition coefficient (Wildman–Crippen LogP) is 2.73. The summed E-state index contributed by atoms with van der Waals surface area (Å²) in [7, 11) is 0. The van der Waals surface area contributed by atoms with E-state index in [9.17, 15) is 5.11 Å². The van der Waals surface area contributed by atoms with Crippen LogP contribution in [0.4, 0.5) is 0 Å². The Kier molecular flexibility index (Phi) is 2.77. The van der Waals surface area contributed by atoms with Gasteiger partial charge in [0.2, 0.25) is 0 Å². The molecule has 0 spiro atoms. The maximum atomic E-state index is 9.79. The number of phenolic OH excluding ortho intramolecular Hbond substituents is 1. The fourth-order valence-electron chi connectivity index (χ4n) is 2.83. The van der Waals surface area contributed by atoms with Gasteiger partial charge in [0.05, 0.1) is 5.52 Å². The molecule has 0 aliphatic carbocycles. The number of para-hydroxylation sites is 1. The molecule has 0 amide bonds. The molecule has 1 aromatic heterocycles. The van der Waals surface area contributed by atoms with Crippen LogP contribution in [0.25, 0.3) is 10.9 Å². The Labute approximate surface area is 101 Å². The molecule has 3 N–H and O–H groups in total. The summed E-state index contributed by atoms with van der Waals surface area (Å²) < 4.78 is 0. The molecule has 17 heavy (non-hydrogen) atoms. The van der Waals surface area contributed by atoms with Gasteiger partial charge in [0, 0.05) is 11.6 Å². The number of H-pyrrole nitrogens is 1. The number of hydrogen-bond donors (Lipinski definition) is 3. The summed E-state index contributed by atoms with van der Waals surface area (Å²) in [5, 5.41) is 14.4. The average Bonchev–Trinajstić information content (AvgIpc) is 2.59. The maximum absolute atomic E-state index is 9.79. The molecule has 1 saturated heterocycles. The van der Waals surface area contributed by atoms with Crippen LogP contribution in [0.5, 0.6) is 5.75 Å². The number of aromatic hydroxyl groups is 1. The van der Waals surface area contributed by atoms with E-state index in [-0.39, 0.29) is 0 Å². The summed E-state index contributed by atoms with van der Waals surface area (Å²) in [4.78, 5) is 3.20. The quantitative estimate of drug-likeness (QED) is 0.705. The van der Waals surface area contributed by atoms with Gasteiger partial charge in [-0.25, -0.2) is 0 Å². The van der Waals surface area contributed by atoms with Crippen molar-refractivity contribution in [3.05, 3.63) is 30.0 Å². The molecule has 0 bridgehead atoms. The highest BCUT2D eigenvalue weighted by atomic mass is 16.3. The van der Waals surface area contributed by atoms with E-state index in [4.69, 9.17) is 0 Å². The second kappa shape index (κ2) is 4.41. The lowest BCUT2D eigenvalue weighted by molar-refractivity contribution is 0.480. The normalized spacial score (nSPS) is 21.5. The molecule has 1 fully saturated rings. The Morgan fingerprint density at radius 1 is 1.18 bits per heavy atom. The first-order valence-corrected chi connectivity index (χ1v) is 6.36. The molecule has 3 heteroatoms. The Morgan fingerprint density at radius 3 is 3.06 bits per heavy atom. The molecule has 2 heterocycles. The van der Waals surface area contributed by atoms with E-state index in [0.717, 1.165) is 18.6 Å². The average molecular weight is 230 g/mol. The van der Waals surface area contributed by atoms with Gasteiger partial charge < -0.3 is 15.4 Å². The second-order valence-corrected chi connectivity index (χ2v) is 4.82. The van der Waals surface area contributed by atoms with E-state index < -0.39 is 0 Å². The van der Waals surface area contributed by atoms with Gasteiger partial charge in [-0.15, -0.1) is 0 Å². The van der Waals surface area contributed by atoms with Crippen molar-refractivity contribution in [1.82, 2.24) is 10.3 Å². The van der Waals surface area contributed by atoms with E-state index in [1.807, 2.05) is 6.07 Å². The Morgan fingerprint density at radius 2 is 2.12 bits per heavy atom. The zero-order valence-corrected chi connectivity index (χ0v) is 9.87. The van der Waals surface area contributed by atoms with Gasteiger partial charge in [-0.3, -0.25) is 0 Å². The summed E-state index contributed by atoms with van der Waals surface area (Å²) in [6.45, 7) is 2.22. The van der Waals surface area contributed by atoms with Crippen molar-refractivity contribution in [3.63, 3.8) is 0 Å². The largest absolute Gasteiger partial charge is 0.506 e. The van der Waals surface area contributed by atoms with Crippen LogP contribution in [0.1, 0.15) is 30.7 Å². The van der Waals surface area contributed by atoms with Crippen LogP contribution >= 0.6 is 0 Å².